The van der Waals surface area contributed by atoms with E-state index in [4.69, 9.17) is 4.74 Å². The van der Waals surface area contributed by atoms with Gasteiger partial charge in [-0.25, -0.2) is 0 Å². The van der Waals surface area contributed by atoms with Crippen LogP contribution in [0, 0.1) is 0 Å². The number of nitrogens with zero attached hydrogens (tertiary/aromatic N) is 1. The van der Waals surface area contributed by atoms with E-state index in [0.29, 0.717) is 30.0 Å². The number of ketones is 1. The lowest BCUT2D eigenvalue weighted by Crippen LogP contribution is -2.49. The van der Waals surface area contributed by atoms with Crippen LogP contribution in [0.1, 0.15) is 44.0 Å². The highest BCUT2D eigenvalue weighted by molar-refractivity contribution is 6.05. The molecule has 1 N–H and O–H groups in total. The van der Waals surface area contributed by atoms with Crippen LogP contribution in [0.15, 0.2) is 18.2 Å². The zero-order chi connectivity index (χ0) is 17.0. The summed E-state index contributed by atoms with van der Waals surface area (Å²) >= 11 is 0. The highest BCUT2D eigenvalue weighted by Crippen LogP contribution is 2.35. The number of nitrogens with one attached hydrogen (secondary N) is 1. The second-order valence-electron chi connectivity index (χ2n) is 5.49. The minimum Gasteiger partial charge on any atom is -0.479 e. The Bertz CT molecular complexity index is 627. The van der Waals surface area contributed by atoms with Gasteiger partial charge in [0, 0.05) is 18.5 Å². The van der Waals surface area contributed by atoms with E-state index in [1.54, 1.807) is 32.0 Å². The molecule has 1 unspecified atom stereocenters. The molecule has 6 nitrogen and oxygen atoms in total. The molecule has 6 heteroatoms. The Kier molecular flexibility index (Phi) is 5.36. The molecule has 1 aromatic carbocycles. The van der Waals surface area contributed by atoms with Crippen LogP contribution in [0.5, 0.6) is 5.75 Å². The van der Waals surface area contributed by atoms with Gasteiger partial charge in [-0.2, -0.15) is 0 Å². The first-order chi connectivity index (χ1) is 11.0. The average Bonchev–Trinajstić information content (AvgIpc) is 2.56. The van der Waals surface area contributed by atoms with Crippen molar-refractivity contribution in [3.63, 3.8) is 0 Å². The number of carbonyl (C=O) groups excluding carboxylic acids is 3. The summed E-state index contributed by atoms with van der Waals surface area (Å²) in [7, 11) is 0. The topological polar surface area (TPSA) is 75.7 Å². The lowest BCUT2D eigenvalue weighted by molar-refractivity contribution is -0.128. The van der Waals surface area contributed by atoms with Gasteiger partial charge in [0.05, 0.1) is 5.69 Å². The van der Waals surface area contributed by atoms with Gasteiger partial charge in [0.15, 0.2) is 11.9 Å². The van der Waals surface area contributed by atoms with Gasteiger partial charge in [0.1, 0.15) is 12.3 Å². The fourth-order valence-corrected chi connectivity index (χ4v) is 2.41. The van der Waals surface area contributed by atoms with Crippen molar-refractivity contribution in [2.45, 2.75) is 39.7 Å². The van der Waals surface area contributed by atoms with Crippen LogP contribution < -0.4 is 15.0 Å². The summed E-state index contributed by atoms with van der Waals surface area (Å²) in [6.07, 6.45) is 0.542. The predicted octanol–water partition coefficient (Wildman–Crippen LogP) is 1.92. The molecule has 0 aromatic heterocycles. The lowest BCUT2D eigenvalue weighted by Gasteiger charge is -2.32. The standard InChI is InChI=1S/C17H22N2O4/c1-4-8-18-16(21)10-19-13-9-12(14(20)5-2)6-7-15(13)23-11(3)17(19)22/h6-7,9,11H,4-5,8,10H2,1-3H3,(H,18,21). The number of carbonyl (C=O) groups is 3. The molecule has 1 aliphatic heterocycles. The Morgan fingerprint density at radius 2 is 2.04 bits per heavy atom. The predicted molar refractivity (Wildman–Crippen MR) is 86.8 cm³/mol. The van der Waals surface area contributed by atoms with Crippen molar-refractivity contribution >= 4 is 23.3 Å². The van der Waals surface area contributed by atoms with Crippen LogP contribution in [-0.2, 0) is 9.59 Å². The third kappa shape index (κ3) is 3.70. The van der Waals surface area contributed by atoms with Gasteiger partial charge in [-0.1, -0.05) is 13.8 Å². The minimum absolute atomic E-state index is 0.0192. The van der Waals surface area contributed by atoms with E-state index in [1.165, 1.54) is 4.90 Å². The minimum atomic E-state index is -0.658. The Hall–Kier alpha value is -2.37. The van der Waals surface area contributed by atoms with Crippen LogP contribution >= 0.6 is 0 Å². The molecule has 1 heterocycles. The van der Waals surface area contributed by atoms with Gasteiger partial charge in [0.2, 0.25) is 5.91 Å². The smallest absolute Gasteiger partial charge is 0.268 e. The van der Waals surface area contributed by atoms with E-state index in [2.05, 4.69) is 5.32 Å². The second-order valence-corrected chi connectivity index (χ2v) is 5.49. The number of benzene rings is 1. The number of ether oxygens (including phenoxy) is 1. The SMILES string of the molecule is CCCNC(=O)CN1C(=O)C(C)Oc2ccc(C(=O)CC)cc21. The molecule has 0 aliphatic carbocycles. The molecule has 0 saturated heterocycles. The highest BCUT2D eigenvalue weighted by atomic mass is 16.5. The average molecular weight is 318 g/mol. The van der Waals surface area contributed by atoms with E-state index in [0.717, 1.165) is 6.42 Å². The Labute approximate surface area is 135 Å². The summed E-state index contributed by atoms with van der Waals surface area (Å²) in [5, 5.41) is 2.75. The fourth-order valence-electron chi connectivity index (χ4n) is 2.41. The number of anilines is 1. The summed E-state index contributed by atoms with van der Waals surface area (Å²) in [6, 6.07) is 4.98. The molecule has 1 aliphatic rings. The zero-order valence-electron chi connectivity index (χ0n) is 13.7. The Morgan fingerprint density at radius 1 is 1.30 bits per heavy atom. The first kappa shape index (κ1) is 17.0. The lowest BCUT2D eigenvalue weighted by atomic mass is 10.1. The second kappa shape index (κ2) is 7.26. The van der Waals surface area contributed by atoms with Crippen molar-refractivity contribution in [3.05, 3.63) is 23.8 Å². The van der Waals surface area contributed by atoms with Crippen LogP contribution in [-0.4, -0.2) is 36.8 Å². The van der Waals surface area contributed by atoms with Crippen LogP contribution in [0.4, 0.5) is 5.69 Å². The first-order valence-electron chi connectivity index (χ1n) is 7.89. The van der Waals surface area contributed by atoms with Crippen LogP contribution in [0.2, 0.25) is 0 Å². The maximum atomic E-state index is 12.4. The van der Waals surface area contributed by atoms with Crippen molar-refractivity contribution in [1.82, 2.24) is 5.32 Å². The number of rotatable bonds is 6. The van der Waals surface area contributed by atoms with E-state index < -0.39 is 6.10 Å². The molecule has 2 amide bonds. The molecule has 1 aromatic rings. The normalized spacial score (nSPS) is 16.6. The third-order valence-corrected chi connectivity index (χ3v) is 3.68. The molecule has 124 valence electrons. The van der Waals surface area contributed by atoms with Crippen molar-refractivity contribution in [2.75, 3.05) is 18.0 Å². The third-order valence-electron chi connectivity index (χ3n) is 3.68. The number of hydrogen-bond donors (Lipinski definition) is 1. The monoisotopic (exact) mass is 318 g/mol. The van der Waals surface area contributed by atoms with Gasteiger partial charge < -0.3 is 10.1 Å². The van der Waals surface area contributed by atoms with Crippen LogP contribution in [0.25, 0.3) is 0 Å². The van der Waals surface area contributed by atoms with Crippen molar-refractivity contribution in [3.8, 4) is 5.75 Å². The quantitative estimate of drug-likeness (QED) is 0.813. The summed E-state index contributed by atoms with van der Waals surface area (Å²) in [5.41, 5.74) is 0.982. The fraction of sp³-hybridized carbons (Fsp3) is 0.471. The van der Waals surface area contributed by atoms with Gasteiger partial charge in [-0.3, -0.25) is 19.3 Å². The molecular weight excluding hydrogens is 296 g/mol. The molecule has 0 radical (unpaired) electrons. The summed E-state index contributed by atoms with van der Waals surface area (Å²) in [6.45, 7) is 5.87. The van der Waals surface area contributed by atoms with Gasteiger partial charge in [-0.15, -0.1) is 0 Å². The van der Waals surface area contributed by atoms with Gasteiger partial charge in [-0.05, 0) is 31.5 Å². The first-order valence-corrected chi connectivity index (χ1v) is 7.89. The number of Topliss-reactive ketones (excluding diaryl/α,β-unsaturated/α-hetero) is 1. The Balaban J connectivity index is 2.32. The summed E-state index contributed by atoms with van der Waals surface area (Å²) in [4.78, 5) is 37.7. The van der Waals surface area contributed by atoms with E-state index >= 15 is 0 Å². The summed E-state index contributed by atoms with van der Waals surface area (Å²) < 4.78 is 5.57. The molecule has 1 atom stereocenters. The molecule has 0 fully saturated rings. The maximum absolute atomic E-state index is 12.4. The van der Waals surface area contributed by atoms with E-state index in [9.17, 15) is 14.4 Å². The van der Waals surface area contributed by atoms with Crippen molar-refractivity contribution < 1.29 is 19.1 Å². The highest BCUT2D eigenvalue weighted by Gasteiger charge is 2.33. The molecular formula is C17H22N2O4. The number of fused-ring (bicyclic) bond motifs is 1. The molecule has 23 heavy (non-hydrogen) atoms. The molecule has 0 saturated carbocycles. The van der Waals surface area contributed by atoms with Crippen LogP contribution in [0.3, 0.4) is 0 Å². The van der Waals surface area contributed by atoms with Crippen molar-refractivity contribution in [2.24, 2.45) is 0 Å². The van der Waals surface area contributed by atoms with E-state index in [-0.39, 0.29) is 24.1 Å². The van der Waals surface area contributed by atoms with Crippen molar-refractivity contribution in [1.29, 1.82) is 0 Å². The largest absolute Gasteiger partial charge is 0.479 e. The number of hydrogen-bond acceptors (Lipinski definition) is 4. The molecule has 0 spiro atoms. The Morgan fingerprint density at radius 3 is 2.70 bits per heavy atom. The zero-order valence-corrected chi connectivity index (χ0v) is 13.7. The molecule has 2 rings (SSSR count). The maximum Gasteiger partial charge on any atom is 0.268 e. The van der Waals surface area contributed by atoms with E-state index in [1.807, 2.05) is 6.92 Å². The molecule has 0 bridgehead atoms. The van der Waals surface area contributed by atoms with Gasteiger partial charge >= 0.3 is 0 Å². The summed E-state index contributed by atoms with van der Waals surface area (Å²) in [5.74, 6) is -0.0278. The number of amides is 2. The van der Waals surface area contributed by atoms with Gasteiger partial charge in [0.25, 0.3) is 5.91 Å².